The molecule has 0 bridgehead atoms. The van der Waals surface area contributed by atoms with Gasteiger partial charge in [-0.05, 0) is 84.8 Å². The van der Waals surface area contributed by atoms with Crippen LogP contribution in [0.15, 0.2) is 35.4 Å². The molecule has 5 aliphatic rings. The number of piperidine rings is 2. The number of nitrogens with one attached hydrogen (secondary N) is 2. The van der Waals surface area contributed by atoms with Gasteiger partial charge in [-0.3, -0.25) is 24.6 Å². The number of piperazine rings is 1. The van der Waals surface area contributed by atoms with Crippen molar-refractivity contribution in [2.45, 2.75) is 102 Å². The fraction of sp³-hybridized carbons (Fsp3) is 0.542. The Bertz CT molecular complexity index is 2840. The molecular weight excluding hydrogens is 923 g/mol. The Morgan fingerprint density at radius 3 is 2.23 bits per heavy atom. The topological polar surface area (TPSA) is 245 Å². The van der Waals surface area contributed by atoms with Crippen LogP contribution in [0.3, 0.4) is 0 Å². The first-order chi connectivity index (χ1) is 33.9. The van der Waals surface area contributed by atoms with Crippen LogP contribution < -0.4 is 26.0 Å². The van der Waals surface area contributed by atoms with Crippen LogP contribution in [-0.2, 0) is 24.7 Å². The van der Waals surface area contributed by atoms with Crippen LogP contribution in [-0.4, -0.2) is 150 Å². The van der Waals surface area contributed by atoms with E-state index in [1.165, 1.54) is 23.4 Å². The summed E-state index contributed by atoms with van der Waals surface area (Å²) in [6, 6.07) is 1.63. The number of ether oxygens (including phenoxy) is 2. The Hall–Kier alpha value is -7.04. The van der Waals surface area contributed by atoms with Gasteiger partial charge in [0.25, 0.3) is 5.91 Å². The Balaban J connectivity index is 0.671. The predicted molar refractivity (Wildman–Crippen MR) is 254 cm³/mol. The SMILES string of the molecule is CC(C)(C1CCN(c2c(F)cc(NC3CCC(=O)NC3=O)cc2F)CC1)N1CCN(C(=O)COC(=O)N2CC(Oc3cnc(-c4c(-c5nn(C(C)(C)C)c6ncnc(N)c56)noc4C4CC4)nc3)C2)CC1. The zero-order valence-electron chi connectivity index (χ0n) is 40.4. The number of nitrogens with two attached hydrogens (primary N) is 1. The number of anilines is 3. The number of imide groups is 1. The number of likely N-dealkylation sites (tertiary alicyclic amines) is 1. The molecule has 4 aromatic heterocycles. The van der Waals surface area contributed by atoms with Gasteiger partial charge in [-0.1, -0.05) is 5.16 Å². The zero-order valence-corrected chi connectivity index (χ0v) is 40.4. The third kappa shape index (κ3) is 9.50. The maximum Gasteiger partial charge on any atom is 0.410 e. The lowest BCUT2D eigenvalue weighted by atomic mass is 9.78. The molecule has 376 valence electrons. The minimum atomic E-state index is -0.753. The van der Waals surface area contributed by atoms with Crippen molar-refractivity contribution in [3.63, 3.8) is 0 Å². The van der Waals surface area contributed by atoms with Crippen molar-refractivity contribution in [3.05, 3.63) is 48.2 Å². The average molecular weight is 981 g/mol. The molecule has 4 amide bonds. The summed E-state index contributed by atoms with van der Waals surface area (Å²) in [4.78, 5) is 75.1. The van der Waals surface area contributed by atoms with E-state index in [4.69, 9.17) is 24.8 Å². The highest BCUT2D eigenvalue weighted by Crippen LogP contribution is 2.48. The first-order valence-corrected chi connectivity index (χ1v) is 24.2. The summed E-state index contributed by atoms with van der Waals surface area (Å²) < 4.78 is 50.0. The smallest absolute Gasteiger partial charge is 0.410 e. The summed E-state index contributed by atoms with van der Waals surface area (Å²) in [5.41, 5.74) is 7.88. The normalized spacial score (nSPS) is 19.8. The average Bonchev–Trinajstić information content (AvgIpc) is 3.94. The summed E-state index contributed by atoms with van der Waals surface area (Å²) in [5, 5.41) is 15.0. The van der Waals surface area contributed by atoms with Crippen molar-refractivity contribution in [3.8, 4) is 28.5 Å². The van der Waals surface area contributed by atoms with Gasteiger partial charge in [-0.15, -0.1) is 0 Å². The number of fused-ring (bicyclic) bond motifs is 1. The van der Waals surface area contributed by atoms with Gasteiger partial charge >= 0.3 is 6.09 Å². The third-order valence-electron chi connectivity index (χ3n) is 14.5. The van der Waals surface area contributed by atoms with Crippen LogP contribution in [0.1, 0.15) is 84.8 Å². The number of hydrogen-bond donors (Lipinski definition) is 3. The highest BCUT2D eigenvalue weighted by Gasteiger charge is 2.41. The molecule has 21 nitrogen and oxygen atoms in total. The maximum atomic E-state index is 15.4. The second-order valence-corrected chi connectivity index (χ2v) is 20.6. The van der Waals surface area contributed by atoms with Gasteiger partial charge in [0.1, 0.15) is 41.4 Å². The van der Waals surface area contributed by atoms with E-state index < -0.39 is 35.2 Å². The first-order valence-electron chi connectivity index (χ1n) is 24.2. The van der Waals surface area contributed by atoms with E-state index in [0.717, 1.165) is 12.8 Å². The second-order valence-electron chi connectivity index (χ2n) is 20.6. The molecule has 4 saturated heterocycles. The summed E-state index contributed by atoms with van der Waals surface area (Å²) in [6.45, 7) is 13.7. The molecule has 0 spiro atoms. The van der Waals surface area contributed by atoms with Crippen LogP contribution in [0.4, 0.5) is 30.8 Å². The van der Waals surface area contributed by atoms with Crippen molar-refractivity contribution in [1.82, 2.24) is 54.9 Å². The first kappa shape index (κ1) is 47.6. The van der Waals surface area contributed by atoms with Crippen molar-refractivity contribution in [2.24, 2.45) is 5.92 Å². The molecule has 0 radical (unpaired) electrons. The second kappa shape index (κ2) is 18.6. The van der Waals surface area contributed by atoms with Gasteiger partial charge in [-0.2, -0.15) is 5.10 Å². The molecule has 1 aromatic carbocycles. The van der Waals surface area contributed by atoms with Crippen LogP contribution in [0, 0.1) is 17.6 Å². The van der Waals surface area contributed by atoms with Crippen LogP contribution in [0.25, 0.3) is 33.8 Å². The van der Waals surface area contributed by atoms with E-state index in [2.05, 4.69) is 54.5 Å². The summed E-state index contributed by atoms with van der Waals surface area (Å²) >= 11 is 0. The van der Waals surface area contributed by atoms with Crippen molar-refractivity contribution < 1.29 is 42.0 Å². The van der Waals surface area contributed by atoms with Crippen molar-refractivity contribution in [1.29, 1.82) is 0 Å². The summed E-state index contributed by atoms with van der Waals surface area (Å²) in [5.74, 6) is -0.440. The largest absolute Gasteiger partial charge is 0.483 e. The van der Waals surface area contributed by atoms with Gasteiger partial charge in [0.05, 0.1) is 42.0 Å². The lowest BCUT2D eigenvalue weighted by Gasteiger charge is -2.50. The quantitative estimate of drug-likeness (QED) is 0.144. The Kier molecular flexibility index (Phi) is 12.5. The maximum absolute atomic E-state index is 15.4. The number of carbonyl (C=O) groups is 4. The molecule has 5 aromatic rings. The Labute approximate surface area is 407 Å². The number of nitrogen functional groups attached to an aromatic ring is 1. The number of rotatable bonds is 12. The number of halogens is 2. The highest BCUT2D eigenvalue weighted by molar-refractivity contribution is 6.02. The molecule has 23 heteroatoms. The van der Waals surface area contributed by atoms with Gasteiger partial charge in [0.2, 0.25) is 11.8 Å². The van der Waals surface area contributed by atoms with E-state index in [0.29, 0.717) is 97.4 Å². The van der Waals surface area contributed by atoms with Gasteiger partial charge in [0, 0.05) is 62.8 Å². The highest BCUT2D eigenvalue weighted by atomic mass is 19.1. The summed E-state index contributed by atoms with van der Waals surface area (Å²) in [6.07, 6.45) is 7.34. The van der Waals surface area contributed by atoms with Crippen molar-refractivity contribution in [2.75, 3.05) is 74.9 Å². The molecule has 5 fully saturated rings. The molecule has 10 rings (SSSR count). The molecule has 8 heterocycles. The fourth-order valence-electron chi connectivity index (χ4n) is 10.2. The van der Waals surface area contributed by atoms with Gasteiger partial charge < -0.3 is 39.7 Å². The monoisotopic (exact) mass is 980 g/mol. The van der Waals surface area contributed by atoms with E-state index in [9.17, 15) is 19.2 Å². The van der Waals surface area contributed by atoms with Gasteiger partial charge in [0.15, 0.2) is 41.2 Å². The predicted octanol–water partition coefficient (Wildman–Crippen LogP) is 4.69. The van der Waals surface area contributed by atoms with E-state index in [1.807, 2.05) is 20.8 Å². The molecular formula is C48H58F2N14O7. The van der Waals surface area contributed by atoms with E-state index >= 15 is 8.78 Å². The molecule has 1 saturated carbocycles. The molecule has 4 N–H and O–H groups in total. The van der Waals surface area contributed by atoms with E-state index in [-0.39, 0.29) is 85.0 Å². The number of nitrogens with zero attached hydrogens (tertiary/aromatic N) is 11. The number of benzene rings is 1. The number of hydrogen-bond acceptors (Lipinski definition) is 17. The van der Waals surface area contributed by atoms with Crippen molar-refractivity contribution >= 4 is 52.0 Å². The Morgan fingerprint density at radius 2 is 1.58 bits per heavy atom. The number of carbonyl (C=O) groups excluding carboxylic acids is 4. The summed E-state index contributed by atoms with van der Waals surface area (Å²) in [7, 11) is 0. The molecule has 1 atom stereocenters. The Morgan fingerprint density at radius 1 is 0.887 bits per heavy atom. The van der Waals surface area contributed by atoms with Crippen LogP contribution in [0.5, 0.6) is 5.75 Å². The fourth-order valence-corrected chi connectivity index (χ4v) is 10.2. The van der Waals surface area contributed by atoms with Crippen LogP contribution >= 0.6 is 0 Å². The lowest BCUT2D eigenvalue weighted by Crippen LogP contribution is -2.60. The minimum Gasteiger partial charge on any atom is -0.483 e. The molecule has 4 aliphatic heterocycles. The van der Waals surface area contributed by atoms with Gasteiger partial charge in [-0.25, -0.2) is 38.2 Å². The molecule has 71 heavy (non-hydrogen) atoms. The number of aromatic nitrogens is 7. The van der Waals surface area contributed by atoms with Crippen LogP contribution in [0.2, 0.25) is 0 Å². The lowest BCUT2D eigenvalue weighted by molar-refractivity contribution is -0.138. The third-order valence-corrected chi connectivity index (χ3v) is 14.5. The minimum absolute atomic E-state index is 0.0943. The van der Waals surface area contributed by atoms with E-state index in [1.54, 1.807) is 26.9 Å². The number of amides is 4. The molecule has 1 aliphatic carbocycles. The zero-order chi connectivity index (χ0) is 49.9. The standard InChI is InChI=1S/C48H58F2N14O7/c1-47(2,3)64-44-37(42(51)54-25-55-44)38(58-64)39-36(41(71-59-39)26-6-7-26)43-52-20-29(21-53-43)70-30-22-62(23-30)46(68)69-24-35(66)60-14-16-63(17-15-60)48(4,5)27-10-12-61(13-11-27)40-31(49)18-28(19-32(40)50)56-33-8-9-34(65)57-45(33)67/h18-21,25-27,30,33,56H,6-17,22-24H2,1-5H3,(H2,51,54,55)(H,57,65,67). The molecule has 1 unspecified atom stereocenters.